The van der Waals surface area contributed by atoms with Crippen LogP contribution in [0.3, 0.4) is 0 Å². The fourth-order valence-corrected chi connectivity index (χ4v) is 2.87. The van der Waals surface area contributed by atoms with Crippen molar-refractivity contribution >= 4 is 0 Å². The molecule has 1 heterocycles. The second kappa shape index (κ2) is 6.32. The van der Waals surface area contributed by atoms with Crippen LogP contribution in [0, 0.1) is 5.92 Å². The lowest BCUT2D eigenvalue weighted by Crippen LogP contribution is -2.31. The highest BCUT2D eigenvalue weighted by atomic mass is 16.5. The van der Waals surface area contributed by atoms with Gasteiger partial charge in [-0.1, -0.05) is 24.3 Å². The maximum Gasteiger partial charge on any atom is 0.0469 e. The first-order chi connectivity index (χ1) is 8.72. The zero-order valence-corrected chi connectivity index (χ0v) is 11.4. The number of hydrogen-bond acceptors (Lipinski definition) is 3. The number of rotatable bonds is 4. The van der Waals surface area contributed by atoms with Crippen LogP contribution in [0.4, 0.5) is 0 Å². The predicted molar refractivity (Wildman–Crippen MR) is 74.3 cm³/mol. The zero-order chi connectivity index (χ0) is 13.0. The molecule has 0 spiro atoms. The summed E-state index contributed by atoms with van der Waals surface area (Å²) >= 11 is 0. The SMILES string of the molecule is CN(C)C(c1ccc(CN)cc1)C1CCOCC1. The van der Waals surface area contributed by atoms with Crippen LogP contribution in [-0.2, 0) is 11.3 Å². The van der Waals surface area contributed by atoms with Gasteiger partial charge in [0.25, 0.3) is 0 Å². The van der Waals surface area contributed by atoms with Crippen LogP contribution in [0.15, 0.2) is 24.3 Å². The summed E-state index contributed by atoms with van der Waals surface area (Å²) in [7, 11) is 4.33. The second-order valence-corrected chi connectivity index (χ2v) is 5.30. The van der Waals surface area contributed by atoms with Crippen LogP contribution in [0.5, 0.6) is 0 Å². The Kier molecular flexibility index (Phi) is 4.75. The zero-order valence-electron chi connectivity index (χ0n) is 11.4. The lowest BCUT2D eigenvalue weighted by atomic mass is 9.86. The Hall–Kier alpha value is -0.900. The van der Waals surface area contributed by atoms with Crippen molar-refractivity contribution in [1.82, 2.24) is 4.90 Å². The normalized spacial score (nSPS) is 19.1. The van der Waals surface area contributed by atoms with Crippen molar-refractivity contribution in [3.63, 3.8) is 0 Å². The third-order valence-corrected chi connectivity index (χ3v) is 3.83. The summed E-state index contributed by atoms with van der Waals surface area (Å²) in [6.45, 7) is 2.41. The maximum absolute atomic E-state index is 5.65. The molecule has 1 atom stereocenters. The first-order valence-electron chi connectivity index (χ1n) is 6.75. The fraction of sp³-hybridized carbons (Fsp3) is 0.600. The van der Waals surface area contributed by atoms with Crippen LogP contribution in [0.2, 0.25) is 0 Å². The average Bonchev–Trinajstić information content (AvgIpc) is 2.40. The van der Waals surface area contributed by atoms with Crippen molar-refractivity contribution in [3.8, 4) is 0 Å². The Bertz CT molecular complexity index is 355. The van der Waals surface area contributed by atoms with Crippen LogP contribution in [0.25, 0.3) is 0 Å². The maximum atomic E-state index is 5.65. The van der Waals surface area contributed by atoms with Crippen LogP contribution >= 0.6 is 0 Å². The Labute approximate surface area is 110 Å². The summed E-state index contributed by atoms with van der Waals surface area (Å²) in [6.07, 6.45) is 2.31. The van der Waals surface area contributed by atoms with E-state index in [2.05, 4.69) is 43.3 Å². The number of ether oxygens (including phenoxy) is 1. The Morgan fingerprint density at radius 2 is 1.83 bits per heavy atom. The third kappa shape index (κ3) is 3.10. The summed E-state index contributed by atoms with van der Waals surface area (Å²) < 4.78 is 5.47. The Balaban J connectivity index is 2.17. The first kappa shape index (κ1) is 13.5. The van der Waals surface area contributed by atoms with E-state index in [4.69, 9.17) is 10.5 Å². The number of nitrogens with two attached hydrogens (primary N) is 1. The molecule has 2 N–H and O–H groups in total. The summed E-state index contributed by atoms with van der Waals surface area (Å²) in [4.78, 5) is 2.33. The molecule has 1 aromatic rings. The number of nitrogens with zero attached hydrogens (tertiary/aromatic N) is 1. The van der Waals surface area contributed by atoms with Gasteiger partial charge in [0, 0.05) is 25.8 Å². The van der Waals surface area contributed by atoms with Crippen molar-refractivity contribution < 1.29 is 4.74 Å². The molecule has 2 rings (SSSR count). The van der Waals surface area contributed by atoms with Gasteiger partial charge in [-0.3, -0.25) is 0 Å². The van der Waals surface area contributed by atoms with E-state index in [1.54, 1.807) is 0 Å². The molecule has 1 aliphatic heterocycles. The van der Waals surface area contributed by atoms with Crippen molar-refractivity contribution in [2.45, 2.75) is 25.4 Å². The molecule has 100 valence electrons. The van der Waals surface area contributed by atoms with E-state index in [0.29, 0.717) is 18.5 Å². The van der Waals surface area contributed by atoms with Crippen molar-refractivity contribution in [2.75, 3.05) is 27.3 Å². The Morgan fingerprint density at radius 3 is 2.33 bits per heavy atom. The van der Waals surface area contributed by atoms with E-state index < -0.39 is 0 Å². The van der Waals surface area contributed by atoms with Gasteiger partial charge in [0.1, 0.15) is 0 Å². The van der Waals surface area contributed by atoms with Crippen molar-refractivity contribution in [3.05, 3.63) is 35.4 Å². The lowest BCUT2D eigenvalue weighted by molar-refractivity contribution is 0.0364. The van der Waals surface area contributed by atoms with E-state index in [0.717, 1.165) is 26.1 Å². The number of benzene rings is 1. The highest BCUT2D eigenvalue weighted by Gasteiger charge is 2.26. The molecule has 0 aliphatic carbocycles. The molecular formula is C15H24N2O. The van der Waals surface area contributed by atoms with E-state index in [1.165, 1.54) is 11.1 Å². The topological polar surface area (TPSA) is 38.5 Å². The van der Waals surface area contributed by atoms with Crippen LogP contribution in [0.1, 0.15) is 30.0 Å². The minimum absolute atomic E-state index is 0.487. The molecule has 0 bridgehead atoms. The van der Waals surface area contributed by atoms with Gasteiger partial charge in [0.05, 0.1) is 0 Å². The molecule has 0 radical (unpaired) electrons. The molecule has 1 aliphatic rings. The molecule has 0 saturated carbocycles. The van der Waals surface area contributed by atoms with Crippen LogP contribution in [-0.4, -0.2) is 32.2 Å². The van der Waals surface area contributed by atoms with E-state index in [9.17, 15) is 0 Å². The van der Waals surface area contributed by atoms with Gasteiger partial charge in [-0.05, 0) is 44.0 Å². The predicted octanol–water partition coefficient (Wildman–Crippen LogP) is 2.17. The monoisotopic (exact) mass is 248 g/mol. The first-order valence-corrected chi connectivity index (χ1v) is 6.75. The largest absolute Gasteiger partial charge is 0.381 e. The fourth-order valence-electron chi connectivity index (χ4n) is 2.87. The molecule has 1 unspecified atom stereocenters. The van der Waals surface area contributed by atoms with Gasteiger partial charge < -0.3 is 15.4 Å². The van der Waals surface area contributed by atoms with Crippen molar-refractivity contribution in [1.29, 1.82) is 0 Å². The molecule has 0 amide bonds. The summed E-state index contributed by atoms with van der Waals surface area (Å²) in [5, 5.41) is 0. The molecule has 1 fully saturated rings. The second-order valence-electron chi connectivity index (χ2n) is 5.30. The quantitative estimate of drug-likeness (QED) is 0.887. The molecule has 3 heteroatoms. The van der Waals surface area contributed by atoms with Gasteiger partial charge in [-0.15, -0.1) is 0 Å². The molecule has 18 heavy (non-hydrogen) atoms. The minimum Gasteiger partial charge on any atom is -0.381 e. The van der Waals surface area contributed by atoms with Gasteiger partial charge in [-0.25, -0.2) is 0 Å². The number of hydrogen-bond donors (Lipinski definition) is 1. The minimum atomic E-state index is 0.487. The van der Waals surface area contributed by atoms with Gasteiger partial charge in [0.15, 0.2) is 0 Å². The smallest absolute Gasteiger partial charge is 0.0469 e. The van der Waals surface area contributed by atoms with E-state index in [1.807, 2.05) is 0 Å². The summed E-state index contributed by atoms with van der Waals surface area (Å²) in [5.74, 6) is 0.692. The summed E-state index contributed by atoms with van der Waals surface area (Å²) in [5.41, 5.74) is 8.24. The molecule has 3 nitrogen and oxygen atoms in total. The third-order valence-electron chi connectivity index (χ3n) is 3.83. The van der Waals surface area contributed by atoms with E-state index >= 15 is 0 Å². The molecule has 1 saturated heterocycles. The molecule has 0 aromatic heterocycles. The highest BCUT2D eigenvalue weighted by Crippen LogP contribution is 2.33. The van der Waals surface area contributed by atoms with Crippen molar-refractivity contribution in [2.24, 2.45) is 11.7 Å². The van der Waals surface area contributed by atoms with E-state index in [-0.39, 0.29) is 0 Å². The highest BCUT2D eigenvalue weighted by molar-refractivity contribution is 5.25. The van der Waals surface area contributed by atoms with Crippen LogP contribution < -0.4 is 5.73 Å². The average molecular weight is 248 g/mol. The Morgan fingerprint density at radius 1 is 1.22 bits per heavy atom. The standard InChI is InChI=1S/C15H24N2O/c1-17(2)15(14-7-9-18-10-8-14)13-5-3-12(11-16)4-6-13/h3-6,14-15H,7-11,16H2,1-2H3. The molecular weight excluding hydrogens is 224 g/mol. The summed E-state index contributed by atoms with van der Waals surface area (Å²) in [6, 6.07) is 9.22. The van der Waals surface area contributed by atoms with Gasteiger partial charge >= 0.3 is 0 Å². The van der Waals surface area contributed by atoms with Gasteiger partial charge in [-0.2, -0.15) is 0 Å². The molecule has 1 aromatic carbocycles. The lowest BCUT2D eigenvalue weighted by Gasteiger charge is -2.35. The van der Waals surface area contributed by atoms with Gasteiger partial charge in [0.2, 0.25) is 0 Å².